The standard InChI is InChI=1S/C69H94B2O4/c1-17-20-22-24-26-28-42-68(43-29-27-25-23-21-18-2)58-44-52(71-74-66(14,15)67(16,19-3)75-71)38-40-54(58)56-47-61-57(46-59(56)68)55-41-39-53(70-72-64(10,11)65(12,13)73-70)45-60(55)69(61,50-34-30-48(31-35-50)62(4,5)6)51-36-32-49(33-37-51)63(7,8)9/h30-41,44-47H,17-29,42-43H2,1-16H3. The second kappa shape index (κ2) is 20.7. The predicted octanol–water partition coefficient (Wildman–Crippen LogP) is 17.4. The summed E-state index contributed by atoms with van der Waals surface area (Å²) in [4.78, 5) is 0. The number of benzene rings is 5. The van der Waals surface area contributed by atoms with E-state index in [0.717, 1.165) is 30.2 Å². The van der Waals surface area contributed by atoms with Gasteiger partial charge in [0.05, 0.1) is 27.8 Å². The molecule has 0 bridgehead atoms. The van der Waals surface area contributed by atoms with Gasteiger partial charge in [0, 0.05) is 5.41 Å². The van der Waals surface area contributed by atoms with Crippen LogP contribution < -0.4 is 10.9 Å². The van der Waals surface area contributed by atoms with Crippen molar-refractivity contribution in [1.29, 1.82) is 0 Å². The Morgan fingerprint density at radius 1 is 0.387 bits per heavy atom. The lowest BCUT2D eigenvalue weighted by Crippen LogP contribution is -2.44. The summed E-state index contributed by atoms with van der Waals surface area (Å²) >= 11 is 0. The molecule has 2 saturated heterocycles. The summed E-state index contributed by atoms with van der Waals surface area (Å²) < 4.78 is 27.7. The van der Waals surface area contributed by atoms with Crippen LogP contribution in [0.3, 0.4) is 0 Å². The second-order valence-corrected chi connectivity index (χ2v) is 27.3. The maximum atomic E-state index is 6.99. The zero-order valence-corrected chi connectivity index (χ0v) is 49.6. The normalized spacial score (nSPS) is 20.6. The molecule has 0 aromatic heterocycles. The molecule has 75 heavy (non-hydrogen) atoms. The summed E-state index contributed by atoms with van der Waals surface area (Å²) in [6.45, 7) is 36.1. The molecule has 2 aliphatic carbocycles. The zero-order valence-electron chi connectivity index (χ0n) is 49.6. The molecule has 400 valence electrons. The van der Waals surface area contributed by atoms with E-state index in [4.69, 9.17) is 18.6 Å². The third-order valence-corrected chi connectivity index (χ3v) is 19.5. The highest BCUT2D eigenvalue weighted by Crippen LogP contribution is 2.62. The Kier molecular flexibility index (Phi) is 15.4. The highest BCUT2D eigenvalue weighted by molar-refractivity contribution is 6.62. The lowest BCUT2D eigenvalue weighted by Gasteiger charge is -2.36. The summed E-state index contributed by atoms with van der Waals surface area (Å²) in [5.41, 5.74) is 15.9. The van der Waals surface area contributed by atoms with Crippen molar-refractivity contribution in [2.24, 2.45) is 0 Å². The lowest BCUT2D eigenvalue weighted by molar-refractivity contribution is -0.0118. The van der Waals surface area contributed by atoms with Gasteiger partial charge in [-0.2, -0.15) is 0 Å². The SMILES string of the molecule is CCCCCCCCC1(CCCCCCCC)c2cc(B3OC(C)(C)C(C)(CC)O3)ccc2-c2cc3c(cc21)-c1ccc(B2OC(C)(C)C(C)(C)O2)cc1C3(c1ccc(C(C)(C)C)cc1)c1ccc(C(C)(C)C)cc1. The lowest BCUT2D eigenvalue weighted by atomic mass is 9.65. The van der Waals surface area contributed by atoms with E-state index in [1.807, 2.05) is 0 Å². The summed E-state index contributed by atoms with van der Waals surface area (Å²) in [6.07, 6.45) is 18.4. The van der Waals surface area contributed by atoms with Gasteiger partial charge in [0.2, 0.25) is 0 Å². The minimum absolute atomic E-state index is 0.00762. The van der Waals surface area contributed by atoms with Crippen molar-refractivity contribution in [3.05, 3.63) is 142 Å². The van der Waals surface area contributed by atoms with Crippen LogP contribution >= 0.6 is 0 Å². The Morgan fingerprint density at radius 3 is 1.21 bits per heavy atom. The first kappa shape index (κ1) is 55.8. The van der Waals surface area contributed by atoms with Crippen molar-refractivity contribution in [3.8, 4) is 22.3 Å². The van der Waals surface area contributed by atoms with Crippen LogP contribution in [0, 0.1) is 0 Å². The molecule has 4 nitrogen and oxygen atoms in total. The van der Waals surface area contributed by atoms with Crippen molar-refractivity contribution in [3.63, 3.8) is 0 Å². The Morgan fingerprint density at radius 2 is 0.760 bits per heavy atom. The highest BCUT2D eigenvalue weighted by atomic mass is 16.7. The fraction of sp³-hybridized carbons (Fsp3) is 0.565. The molecule has 5 aromatic carbocycles. The minimum atomic E-state index is -0.641. The van der Waals surface area contributed by atoms with Gasteiger partial charge in [-0.05, 0) is 168 Å². The second-order valence-electron chi connectivity index (χ2n) is 27.3. The Hall–Kier alpha value is -3.93. The summed E-state index contributed by atoms with van der Waals surface area (Å²) in [5.74, 6) is 0. The fourth-order valence-corrected chi connectivity index (χ4v) is 13.4. The Balaban J connectivity index is 1.32. The first-order chi connectivity index (χ1) is 35.4. The highest BCUT2D eigenvalue weighted by Gasteiger charge is 2.56. The van der Waals surface area contributed by atoms with Gasteiger partial charge < -0.3 is 18.6 Å². The van der Waals surface area contributed by atoms with Crippen molar-refractivity contribution in [2.75, 3.05) is 0 Å². The average Bonchev–Trinajstić information content (AvgIpc) is 4.08. The smallest absolute Gasteiger partial charge is 0.399 e. The maximum Gasteiger partial charge on any atom is 0.494 e. The molecule has 0 N–H and O–H groups in total. The van der Waals surface area contributed by atoms with Crippen molar-refractivity contribution >= 4 is 25.2 Å². The fourth-order valence-electron chi connectivity index (χ4n) is 13.4. The maximum absolute atomic E-state index is 6.99. The Bertz CT molecular complexity index is 2730. The number of hydrogen-bond donors (Lipinski definition) is 0. The summed E-state index contributed by atoms with van der Waals surface area (Å²) in [5, 5.41) is 0. The molecular formula is C69H94B2O4. The number of unbranched alkanes of at least 4 members (excludes halogenated alkanes) is 10. The number of fused-ring (bicyclic) bond motifs is 6. The quantitative estimate of drug-likeness (QED) is 0.0598. The van der Waals surface area contributed by atoms with Crippen LogP contribution in [0.1, 0.15) is 252 Å². The molecule has 2 heterocycles. The van der Waals surface area contributed by atoms with Gasteiger partial charge in [-0.1, -0.05) is 224 Å². The molecule has 1 unspecified atom stereocenters. The van der Waals surface area contributed by atoms with Gasteiger partial charge in [-0.15, -0.1) is 0 Å². The molecular weight excluding hydrogens is 914 g/mol. The molecule has 1 atom stereocenters. The van der Waals surface area contributed by atoms with E-state index < -0.39 is 36.5 Å². The van der Waals surface area contributed by atoms with Crippen molar-refractivity contribution < 1.29 is 18.6 Å². The van der Waals surface area contributed by atoms with Gasteiger partial charge in [0.1, 0.15) is 0 Å². The van der Waals surface area contributed by atoms with E-state index in [1.54, 1.807) is 0 Å². The van der Waals surface area contributed by atoms with E-state index >= 15 is 0 Å². The monoisotopic (exact) mass is 1010 g/mol. The van der Waals surface area contributed by atoms with Crippen LogP contribution in [0.15, 0.2) is 97.1 Å². The molecule has 0 saturated carbocycles. The topological polar surface area (TPSA) is 36.9 Å². The summed E-state index contributed by atoms with van der Waals surface area (Å²) in [6, 6.07) is 39.3. The van der Waals surface area contributed by atoms with Crippen LogP contribution in [-0.4, -0.2) is 36.6 Å². The van der Waals surface area contributed by atoms with Gasteiger partial charge in [0.15, 0.2) is 0 Å². The molecule has 6 heteroatoms. The van der Waals surface area contributed by atoms with Crippen LogP contribution in [0.25, 0.3) is 22.3 Å². The van der Waals surface area contributed by atoms with E-state index in [-0.39, 0.29) is 21.8 Å². The van der Waals surface area contributed by atoms with E-state index in [9.17, 15) is 0 Å². The largest absolute Gasteiger partial charge is 0.494 e. The van der Waals surface area contributed by atoms with Gasteiger partial charge >= 0.3 is 14.2 Å². The number of hydrogen-bond acceptors (Lipinski definition) is 4. The average molecular weight is 1010 g/mol. The van der Waals surface area contributed by atoms with Gasteiger partial charge in [0.25, 0.3) is 0 Å². The third kappa shape index (κ3) is 9.90. The van der Waals surface area contributed by atoms with Crippen LogP contribution in [0.2, 0.25) is 0 Å². The number of rotatable bonds is 19. The molecule has 5 aromatic rings. The molecule has 9 rings (SSSR count). The van der Waals surface area contributed by atoms with Gasteiger partial charge in [-0.3, -0.25) is 0 Å². The van der Waals surface area contributed by atoms with E-state index in [2.05, 4.69) is 208 Å². The molecule has 0 spiro atoms. The van der Waals surface area contributed by atoms with Crippen LogP contribution in [0.5, 0.6) is 0 Å². The van der Waals surface area contributed by atoms with Crippen molar-refractivity contribution in [1.82, 2.24) is 0 Å². The third-order valence-electron chi connectivity index (χ3n) is 19.5. The first-order valence-electron chi connectivity index (χ1n) is 29.8. The van der Waals surface area contributed by atoms with Crippen molar-refractivity contribution in [2.45, 2.75) is 251 Å². The molecule has 0 amide bonds. The van der Waals surface area contributed by atoms with E-state index in [0.29, 0.717) is 0 Å². The minimum Gasteiger partial charge on any atom is -0.399 e. The first-order valence-corrected chi connectivity index (χ1v) is 29.8. The molecule has 2 aliphatic heterocycles. The van der Waals surface area contributed by atoms with Crippen LogP contribution in [0.4, 0.5) is 0 Å². The Labute approximate surface area is 456 Å². The van der Waals surface area contributed by atoms with Gasteiger partial charge in [-0.25, -0.2) is 0 Å². The molecule has 4 aliphatic rings. The predicted molar refractivity (Wildman–Crippen MR) is 319 cm³/mol. The summed E-state index contributed by atoms with van der Waals surface area (Å²) in [7, 11) is -0.912. The van der Waals surface area contributed by atoms with Crippen LogP contribution in [-0.2, 0) is 40.3 Å². The molecule has 2 fully saturated rings. The molecule has 0 radical (unpaired) electrons. The zero-order chi connectivity index (χ0) is 54.0. The van der Waals surface area contributed by atoms with E-state index in [1.165, 1.54) is 144 Å².